The number of carbonyl (C=O) groups excluding carboxylic acids is 4. The average Bonchev–Trinajstić information content (AvgIpc) is 2.93. The molecule has 1 saturated heterocycles. The van der Waals surface area contributed by atoms with E-state index in [4.69, 9.17) is 0 Å². The Balaban J connectivity index is 1.43. The smallest absolute Gasteiger partial charge is 0.327 e. The zero-order valence-corrected chi connectivity index (χ0v) is 16.9. The van der Waals surface area contributed by atoms with Crippen LogP contribution < -0.4 is 10.4 Å². The number of rotatable bonds is 9. The summed E-state index contributed by atoms with van der Waals surface area (Å²) in [6.45, 7) is 1.99. The maximum absolute atomic E-state index is 12.7. The van der Waals surface area contributed by atoms with Crippen molar-refractivity contribution in [2.24, 2.45) is 0 Å². The molecule has 2 aliphatic heterocycles. The molecular formula is C21H26N3O6-. The fourth-order valence-corrected chi connectivity index (χ4v) is 3.93. The number of carboxylic acid groups (broad SMARTS) is 1. The highest BCUT2D eigenvalue weighted by Gasteiger charge is 2.46. The second-order valence-corrected chi connectivity index (χ2v) is 7.80. The molecule has 9 heteroatoms. The Kier molecular flexibility index (Phi) is 6.71. The molecular weight excluding hydrogens is 390 g/mol. The second-order valence-electron chi connectivity index (χ2n) is 7.80. The number of nitrogens with one attached hydrogen (secondary N) is 1. The van der Waals surface area contributed by atoms with Gasteiger partial charge in [0.2, 0.25) is 5.91 Å². The Labute approximate surface area is 174 Å². The van der Waals surface area contributed by atoms with Crippen LogP contribution in [0.4, 0.5) is 4.79 Å². The van der Waals surface area contributed by atoms with Gasteiger partial charge in [-0.3, -0.25) is 14.5 Å². The summed E-state index contributed by atoms with van der Waals surface area (Å²) in [4.78, 5) is 51.0. The Morgan fingerprint density at radius 1 is 1.20 bits per heavy atom. The van der Waals surface area contributed by atoms with Crippen molar-refractivity contribution < 1.29 is 29.4 Å². The first kappa shape index (κ1) is 21.8. The molecule has 4 amide bonds. The van der Waals surface area contributed by atoms with Gasteiger partial charge in [0.05, 0.1) is 18.1 Å². The first-order valence-corrected chi connectivity index (χ1v) is 10.2. The van der Waals surface area contributed by atoms with E-state index in [0.29, 0.717) is 32.2 Å². The Bertz CT molecular complexity index is 797. The highest BCUT2D eigenvalue weighted by molar-refractivity contribution is 6.04. The van der Waals surface area contributed by atoms with E-state index >= 15 is 0 Å². The van der Waals surface area contributed by atoms with Crippen molar-refractivity contribution in [3.05, 3.63) is 35.4 Å². The minimum absolute atomic E-state index is 0.0858. The zero-order chi connectivity index (χ0) is 21.8. The molecule has 1 fully saturated rings. The summed E-state index contributed by atoms with van der Waals surface area (Å²) in [6, 6.07) is 5.65. The van der Waals surface area contributed by atoms with Crippen molar-refractivity contribution in [1.29, 1.82) is 0 Å². The first-order chi connectivity index (χ1) is 14.3. The number of urea groups is 1. The molecule has 2 aliphatic rings. The standard InChI is InChI=1S/C21H27N3O6/c1-13(25)18(20(28)29)22-17(26)9-3-2-6-10-23-19(27)16-11-14-7-4-5-8-15(14)12-24(16)21(23)30/h4-5,7-8,13,16,18,25H,2-3,6,9-12H2,1H3,(H,22,26)(H,28,29)/p-1/t13-,16+,18-/m1/s1. The SMILES string of the molecule is C[C@@H](O)[C@@H](NC(=O)CCCCCN1C(=O)[C@@H]2Cc3ccccc3CN2C1=O)C(=O)[O-]. The van der Waals surface area contributed by atoms with Gasteiger partial charge in [-0.1, -0.05) is 30.7 Å². The third-order valence-corrected chi connectivity index (χ3v) is 5.61. The monoisotopic (exact) mass is 416 g/mol. The molecule has 2 heterocycles. The van der Waals surface area contributed by atoms with E-state index in [2.05, 4.69) is 5.32 Å². The van der Waals surface area contributed by atoms with Crippen molar-refractivity contribution in [3.8, 4) is 0 Å². The number of hydrogen-bond donors (Lipinski definition) is 2. The van der Waals surface area contributed by atoms with Crippen LogP contribution in [0.3, 0.4) is 0 Å². The molecule has 30 heavy (non-hydrogen) atoms. The molecule has 2 N–H and O–H groups in total. The van der Waals surface area contributed by atoms with Crippen LogP contribution in [0, 0.1) is 0 Å². The predicted octanol–water partition coefficient (Wildman–Crippen LogP) is -0.449. The van der Waals surface area contributed by atoms with Gasteiger partial charge in [-0.05, 0) is 30.9 Å². The van der Waals surface area contributed by atoms with Crippen LogP contribution in [0.2, 0.25) is 0 Å². The molecule has 1 aromatic rings. The largest absolute Gasteiger partial charge is 0.548 e. The van der Waals surface area contributed by atoms with Gasteiger partial charge in [0.25, 0.3) is 5.91 Å². The van der Waals surface area contributed by atoms with Gasteiger partial charge in [-0.2, -0.15) is 0 Å². The quantitative estimate of drug-likeness (QED) is 0.414. The van der Waals surface area contributed by atoms with Crippen LogP contribution in [0.1, 0.15) is 43.7 Å². The summed E-state index contributed by atoms with van der Waals surface area (Å²) < 4.78 is 0. The number of aliphatic hydroxyl groups excluding tert-OH is 1. The number of nitrogens with zero attached hydrogens (tertiary/aromatic N) is 2. The zero-order valence-electron chi connectivity index (χ0n) is 16.9. The molecule has 0 radical (unpaired) electrons. The third-order valence-electron chi connectivity index (χ3n) is 5.61. The molecule has 162 valence electrons. The van der Waals surface area contributed by atoms with E-state index in [1.807, 2.05) is 24.3 Å². The number of amides is 4. The number of fused-ring (bicyclic) bond motifs is 2. The lowest BCUT2D eigenvalue weighted by atomic mass is 9.95. The van der Waals surface area contributed by atoms with Crippen LogP contribution >= 0.6 is 0 Å². The molecule has 3 atom stereocenters. The highest BCUT2D eigenvalue weighted by Crippen LogP contribution is 2.30. The van der Waals surface area contributed by atoms with Crippen LogP contribution in [0.5, 0.6) is 0 Å². The average molecular weight is 416 g/mol. The Morgan fingerprint density at radius 3 is 2.57 bits per heavy atom. The summed E-state index contributed by atoms with van der Waals surface area (Å²) in [5.74, 6) is -2.21. The predicted molar refractivity (Wildman–Crippen MR) is 104 cm³/mol. The lowest BCUT2D eigenvalue weighted by molar-refractivity contribution is -0.310. The van der Waals surface area contributed by atoms with Crippen LogP contribution in [0.25, 0.3) is 0 Å². The number of imide groups is 1. The summed E-state index contributed by atoms with van der Waals surface area (Å²) in [5.41, 5.74) is 2.16. The number of aliphatic hydroxyl groups is 1. The number of unbranched alkanes of at least 4 members (excludes halogenated alkanes) is 2. The van der Waals surface area contributed by atoms with Gasteiger partial charge >= 0.3 is 6.03 Å². The minimum atomic E-state index is -1.54. The second kappa shape index (κ2) is 9.25. The number of aliphatic carboxylic acids is 1. The highest BCUT2D eigenvalue weighted by atomic mass is 16.4. The van der Waals surface area contributed by atoms with Crippen LogP contribution in [-0.4, -0.2) is 63.5 Å². The maximum Gasteiger partial charge on any atom is 0.327 e. The van der Waals surface area contributed by atoms with Crippen molar-refractivity contribution in [3.63, 3.8) is 0 Å². The molecule has 0 aromatic heterocycles. The van der Waals surface area contributed by atoms with Crippen molar-refractivity contribution in [2.75, 3.05) is 6.54 Å². The lowest BCUT2D eigenvalue weighted by Crippen LogP contribution is -2.53. The van der Waals surface area contributed by atoms with Gasteiger partial charge in [0.1, 0.15) is 6.04 Å². The molecule has 1 aromatic carbocycles. The lowest BCUT2D eigenvalue weighted by Gasteiger charge is -2.28. The van der Waals surface area contributed by atoms with Gasteiger partial charge in [0.15, 0.2) is 0 Å². The van der Waals surface area contributed by atoms with E-state index < -0.39 is 30.1 Å². The van der Waals surface area contributed by atoms with E-state index in [-0.39, 0.29) is 24.9 Å². The normalized spacial score (nSPS) is 19.9. The molecule has 0 aliphatic carbocycles. The summed E-state index contributed by atoms with van der Waals surface area (Å²) in [5, 5.41) is 22.5. The van der Waals surface area contributed by atoms with Crippen molar-refractivity contribution in [1.82, 2.24) is 15.1 Å². The van der Waals surface area contributed by atoms with E-state index in [9.17, 15) is 29.4 Å². The number of carboxylic acids is 1. The van der Waals surface area contributed by atoms with E-state index in [1.54, 1.807) is 4.90 Å². The van der Waals surface area contributed by atoms with E-state index in [0.717, 1.165) is 11.1 Å². The summed E-state index contributed by atoms with van der Waals surface area (Å²) >= 11 is 0. The number of hydrogen-bond acceptors (Lipinski definition) is 6. The molecule has 3 rings (SSSR count). The fraction of sp³-hybridized carbons (Fsp3) is 0.524. The fourth-order valence-electron chi connectivity index (χ4n) is 3.93. The molecule has 0 spiro atoms. The molecule has 0 saturated carbocycles. The van der Waals surface area contributed by atoms with Gasteiger partial charge in [0, 0.05) is 25.9 Å². The topological polar surface area (TPSA) is 130 Å². The van der Waals surface area contributed by atoms with Gasteiger partial charge in [-0.15, -0.1) is 0 Å². The third kappa shape index (κ3) is 4.62. The van der Waals surface area contributed by atoms with Gasteiger partial charge in [-0.25, -0.2) is 4.79 Å². The van der Waals surface area contributed by atoms with Crippen LogP contribution in [-0.2, 0) is 27.3 Å². The Morgan fingerprint density at radius 2 is 1.90 bits per heavy atom. The summed E-state index contributed by atoms with van der Waals surface area (Å²) in [7, 11) is 0. The molecule has 9 nitrogen and oxygen atoms in total. The van der Waals surface area contributed by atoms with Gasteiger partial charge < -0.3 is 25.2 Å². The minimum Gasteiger partial charge on any atom is -0.548 e. The molecule has 0 bridgehead atoms. The first-order valence-electron chi connectivity index (χ1n) is 10.2. The van der Waals surface area contributed by atoms with E-state index in [1.165, 1.54) is 11.8 Å². The Hall–Kier alpha value is -2.94. The number of carbonyl (C=O) groups is 4. The van der Waals surface area contributed by atoms with Crippen molar-refractivity contribution >= 4 is 23.8 Å². The van der Waals surface area contributed by atoms with Crippen molar-refractivity contribution in [2.45, 2.75) is 63.8 Å². The summed E-state index contributed by atoms with van der Waals surface area (Å²) in [6.07, 6.45) is 0.984. The number of benzene rings is 1. The van der Waals surface area contributed by atoms with Crippen LogP contribution in [0.15, 0.2) is 24.3 Å². The molecule has 0 unspecified atom stereocenters. The maximum atomic E-state index is 12.7.